The van der Waals surface area contributed by atoms with Gasteiger partial charge in [0.1, 0.15) is 23.0 Å². The first-order valence-electron chi connectivity index (χ1n) is 4.67. The van der Waals surface area contributed by atoms with Gasteiger partial charge in [-0.1, -0.05) is 0 Å². The Balaban J connectivity index is 3.37. The number of carbonyl (C=O) groups excluding carboxylic acids is 1. The number of rotatable bonds is 3. The molecule has 0 saturated heterocycles. The van der Waals surface area contributed by atoms with E-state index in [-0.39, 0.29) is 18.0 Å². The monoisotopic (exact) mass is 241 g/mol. The van der Waals surface area contributed by atoms with Gasteiger partial charge >= 0.3 is 5.97 Å². The van der Waals surface area contributed by atoms with Gasteiger partial charge in [0.05, 0.1) is 12.3 Å². The Hall–Kier alpha value is -2.23. The quantitative estimate of drug-likeness (QED) is 0.812. The van der Waals surface area contributed by atoms with Crippen LogP contribution in [-0.4, -0.2) is 17.6 Å². The van der Waals surface area contributed by atoms with Crippen molar-refractivity contribution in [3.63, 3.8) is 0 Å². The molecule has 90 valence electrons. The van der Waals surface area contributed by atoms with Gasteiger partial charge in [0.25, 0.3) is 6.43 Å². The minimum Gasteiger partial charge on any atom is -0.462 e. The van der Waals surface area contributed by atoms with Gasteiger partial charge in [-0.05, 0) is 13.0 Å². The summed E-state index contributed by atoms with van der Waals surface area (Å²) in [6.07, 6.45) is -3.01. The van der Waals surface area contributed by atoms with Crippen molar-refractivity contribution in [1.82, 2.24) is 4.98 Å². The van der Waals surface area contributed by atoms with E-state index in [2.05, 4.69) is 9.72 Å². The molecule has 0 amide bonds. The lowest BCUT2D eigenvalue weighted by Crippen LogP contribution is -2.14. The maximum atomic E-state index is 12.7. The fraction of sp³-hybridized carbons (Fsp3) is 0.300. The van der Waals surface area contributed by atoms with Crippen molar-refractivity contribution in [2.24, 2.45) is 0 Å². The van der Waals surface area contributed by atoms with Crippen LogP contribution in [0.1, 0.15) is 35.1 Å². The number of nitrogen functional groups attached to an aromatic ring is 1. The number of ether oxygens (including phenoxy) is 1. The highest BCUT2D eigenvalue weighted by Crippen LogP contribution is 2.26. The summed E-state index contributed by atoms with van der Waals surface area (Å²) in [6.45, 7) is 1.56. The van der Waals surface area contributed by atoms with Crippen molar-refractivity contribution >= 4 is 11.7 Å². The van der Waals surface area contributed by atoms with Crippen molar-refractivity contribution in [3.8, 4) is 6.07 Å². The van der Waals surface area contributed by atoms with Crippen LogP contribution in [0.2, 0.25) is 0 Å². The maximum Gasteiger partial charge on any atom is 0.342 e. The van der Waals surface area contributed by atoms with Crippen LogP contribution < -0.4 is 5.73 Å². The number of esters is 1. The highest BCUT2D eigenvalue weighted by Gasteiger charge is 2.25. The molecule has 17 heavy (non-hydrogen) atoms. The largest absolute Gasteiger partial charge is 0.462 e. The van der Waals surface area contributed by atoms with Crippen LogP contribution in [0.15, 0.2) is 6.07 Å². The third-order valence-corrected chi connectivity index (χ3v) is 1.88. The van der Waals surface area contributed by atoms with E-state index in [0.717, 1.165) is 6.07 Å². The fourth-order valence-corrected chi connectivity index (χ4v) is 1.23. The van der Waals surface area contributed by atoms with Gasteiger partial charge in [-0.25, -0.2) is 18.6 Å². The molecule has 7 heteroatoms. The van der Waals surface area contributed by atoms with Gasteiger partial charge in [0, 0.05) is 0 Å². The van der Waals surface area contributed by atoms with Crippen LogP contribution in [0, 0.1) is 11.3 Å². The Morgan fingerprint density at radius 1 is 1.71 bits per heavy atom. The number of anilines is 1. The van der Waals surface area contributed by atoms with Crippen LogP contribution >= 0.6 is 0 Å². The number of nitrogens with zero attached hydrogens (tertiary/aromatic N) is 2. The Labute approximate surface area is 95.8 Å². The standard InChI is InChI=1S/C10H9F2N3O2/c1-2-17-10(16)7-6(14)3-5(4-13)15-8(7)9(11)12/h3,9H,2H2,1H3,(H2,14,15). The Bertz CT molecular complexity index is 483. The number of hydrogen-bond donors (Lipinski definition) is 1. The van der Waals surface area contributed by atoms with E-state index in [4.69, 9.17) is 11.0 Å². The second-order valence-electron chi connectivity index (χ2n) is 2.99. The smallest absolute Gasteiger partial charge is 0.342 e. The number of carbonyl (C=O) groups is 1. The average molecular weight is 241 g/mol. The first-order chi connectivity index (χ1) is 8.01. The van der Waals surface area contributed by atoms with E-state index in [9.17, 15) is 13.6 Å². The molecule has 2 N–H and O–H groups in total. The molecule has 0 aliphatic heterocycles. The molecular weight excluding hydrogens is 232 g/mol. The molecule has 0 bridgehead atoms. The number of aromatic nitrogens is 1. The minimum atomic E-state index is -3.01. The lowest BCUT2D eigenvalue weighted by molar-refractivity contribution is 0.0515. The summed E-state index contributed by atoms with van der Waals surface area (Å²) in [6, 6.07) is 2.64. The molecule has 1 heterocycles. The zero-order valence-corrected chi connectivity index (χ0v) is 8.91. The van der Waals surface area contributed by atoms with E-state index in [0.29, 0.717) is 0 Å². The zero-order valence-electron chi connectivity index (χ0n) is 8.91. The highest BCUT2D eigenvalue weighted by atomic mass is 19.3. The topological polar surface area (TPSA) is 89.0 Å². The summed E-state index contributed by atoms with van der Waals surface area (Å²) in [5, 5.41) is 8.57. The molecule has 0 spiro atoms. The fourth-order valence-electron chi connectivity index (χ4n) is 1.23. The number of alkyl halides is 2. The number of nitrogens with two attached hydrogens (primary N) is 1. The Morgan fingerprint density at radius 2 is 2.35 bits per heavy atom. The van der Waals surface area contributed by atoms with E-state index in [1.165, 1.54) is 6.92 Å². The molecule has 1 aromatic heterocycles. The Morgan fingerprint density at radius 3 is 2.82 bits per heavy atom. The van der Waals surface area contributed by atoms with Crippen LogP contribution in [0.5, 0.6) is 0 Å². The van der Waals surface area contributed by atoms with Gasteiger partial charge in [-0.15, -0.1) is 0 Å². The summed E-state index contributed by atoms with van der Waals surface area (Å²) in [4.78, 5) is 14.8. The lowest BCUT2D eigenvalue weighted by atomic mass is 10.1. The van der Waals surface area contributed by atoms with Crippen molar-refractivity contribution < 1.29 is 18.3 Å². The molecule has 1 aromatic rings. The summed E-state index contributed by atoms with van der Waals surface area (Å²) >= 11 is 0. The molecule has 0 aliphatic rings. The first kappa shape index (κ1) is 12.8. The van der Waals surface area contributed by atoms with Gasteiger partial charge in [-0.2, -0.15) is 5.26 Å². The Kier molecular flexibility index (Phi) is 3.93. The molecule has 0 unspecified atom stereocenters. The predicted molar refractivity (Wildman–Crippen MR) is 54.3 cm³/mol. The van der Waals surface area contributed by atoms with Crippen LogP contribution in [-0.2, 0) is 4.74 Å². The molecular formula is C10H9F2N3O2. The number of halogens is 2. The third-order valence-electron chi connectivity index (χ3n) is 1.88. The van der Waals surface area contributed by atoms with E-state index in [1.54, 1.807) is 6.07 Å². The van der Waals surface area contributed by atoms with E-state index in [1.807, 2.05) is 0 Å². The molecule has 1 rings (SSSR count). The summed E-state index contributed by atoms with van der Waals surface area (Å²) in [5.41, 5.74) is 3.61. The molecule has 0 fully saturated rings. The molecule has 0 aromatic carbocycles. The van der Waals surface area contributed by atoms with Crippen LogP contribution in [0.4, 0.5) is 14.5 Å². The molecule has 5 nitrogen and oxygen atoms in total. The second kappa shape index (κ2) is 5.21. The molecule has 0 saturated carbocycles. The second-order valence-corrected chi connectivity index (χ2v) is 2.99. The lowest BCUT2D eigenvalue weighted by Gasteiger charge is -2.10. The number of nitriles is 1. The molecule has 0 aliphatic carbocycles. The normalized spacial score (nSPS) is 10.1. The molecule has 0 atom stereocenters. The van der Waals surface area contributed by atoms with E-state index < -0.39 is 23.7 Å². The first-order valence-corrected chi connectivity index (χ1v) is 4.67. The van der Waals surface area contributed by atoms with Crippen molar-refractivity contribution in [2.75, 3.05) is 12.3 Å². The predicted octanol–water partition coefficient (Wildman–Crippen LogP) is 1.65. The van der Waals surface area contributed by atoms with Gasteiger partial charge in [0.15, 0.2) is 0 Å². The summed E-state index contributed by atoms with van der Waals surface area (Å²) in [5.74, 6) is -0.975. The van der Waals surface area contributed by atoms with Gasteiger partial charge < -0.3 is 10.5 Å². The number of hydrogen-bond acceptors (Lipinski definition) is 5. The highest BCUT2D eigenvalue weighted by molar-refractivity contribution is 5.96. The van der Waals surface area contributed by atoms with Crippen molar-refractivity contribution in [3.05, 3.63) is 23.0 Å². The summed E-state index contributed by atoms with van der Waals surface area (Å²) in [7, 11) is 0. The number of pyridine rings is 1. The zero-order chi connectivity index (χ0) is 13.0. The minimum absolute atomic E-state index is 0.0287. The van der Waals surface area contributed by atoms with Crippen LogP contribution in [0.25, 0.3) is 0 Å². The van der Waals surface area contributed by atoms with E-state index >= 15 is 0 Å². The SMILES string of the molecule is CCOC(=O)c1c(N)cc(C#N)nc1C(F)F. The van der Waals surface area contributed by atoms with Crippen LogP contribution in [0.3, 0.4) is 0 Å². The molecule has 0 radical (unpaired) electrons. The average Bonchev–Trinajstić information content (AvgIpc) is 2.27. The van der Waals surface area contributed by atoms with Gasteiger partial charge in [0.2, 0.25) is 0 Å². The van der Waals surface area contributed by atoms with Crippen molar-refractivity contribution in [2.45, 2.75) is 13.3 Å². The van der Waals surface area contributed by atoms with Crippen molar-refractivity contribution in [1.29, 1.82) is 5.26 Å². The maximum absolute atomic E-state index is 12.7. The third kappa shape index (κ3) is 2.66. The van der Waals surface area contributed by atoms with Gasteiger partial charge in [-0.3, -0.25) is 0 Å². The summed E-state index contributed by atoms with van der Waals surface area (Å²) < 4.78 is 30.0.